The summed E-state index contributed by atoms with van der Waals surface area (Å²) in [4.78, 5) is 0. The number of aliphatic hydroxyl groups excluding tert-OH is 1. The number of anilines is 1. The van der Waals surface area contributed by atoms with E-state index in [1.54, 1.807) is 6.08 Å². The zero-order valence-corrected chi connectivity index (χ0v) is 10.9. The highest BCUT2D eigenvalue weighted by atomic mass is 16.5. The number of rotatable bonds is 7. The van der Waals surface area contributed by atoms with E-state index in [0.717, 1.165) is 11.1 Å². The third-order valence-electron chi connectivity index (χ3n) is 2.86. The average Bonchev–Trinajstić information content (AvgIpc) is 2.45. The lowest BCUT2D eigenvalue weighted by molar-refractivity contribution is 0.0566. The number of hydrogen-bond acceptors (Lipinski definition) is 3. The number of hydrogen-bond donors (Lipinski definition) is 2. The molecular formula is C16H19NO2. The molecule has 100 valence electrons. The Hall–Kier alpha value is -1.84. The van der Waals surface area contributed by atoms with Crippen LogP contribution in [-0.2, 0) is 4.74 Å². The van der Waals surface area contributed by atoms with Gasteiger partial charge in [0, 0.05) is 17.6 Å². The maximum absolute atomic E-state index is 9.79. The van der Waals surface area contributed by atoms with E-state index in [1.807, 2.05) is 24.3 Å². The first-order valence-corrected chi connectivity index (χ1v) is 6.39. The van der Waals surface area contributed by atoms with Gasteiger partial charge in [-0.1, -0.05) is 42.5 Å². The molecule has 3 heteroatoms. The number of fused-ring (bicyclic) bond motifs is 1. The number of nitrogens with one attached hydrogen (secondary N) is 1. The quantitative estimate of drug-likeness (QED) is 0.592. The van der Waals surface area contributed by atoms with Crippen LogP contribution in [0.25, 0.3) is 10.8 Å². The molecule has 0 aliphatic carbocycles. The molecule has 1 unspecified atom stereocenters. The van der Waals surface area contributed by atoms with Gasteiger partial charge in [0.25, 0.3) is 0 Å². The molecule has 0 spiro atoms. The third kappa shape index (κ3) is 3.81. The first-order chi connectivity index (χ1) is 9.31. The molecule has 0 amide bonds. The van der Waals surface area contributed by atoms with Gasteiger partial charge in [0.05, 0.1) is 19.3 Å². The Bertz CT molecular complexity index is 534. The van der Waals surface area contributed by atoms with Crippen molar-refractivity contribution in [3.8, 4) is 0 Å². The summed E-state index contributed by atoms with van der Waals surface area (Å²) < 4.78 is 5.21. The van der Waals surface area contributed by atoms with E-state index >= 15 is 0 Å². The molecule has 0 aliphatic heterocycles. The highest BCUT2D eigenvalue weighted by Gasteiger charge is 2.05. The largest absolute Gasteiger partial charge is 0.389 e. The summed E-state index contributed by atoms with van der Waals surface area (Å²) in [5.74, 6) is 0. The molecule has 2 rings (SSSR count). The lowest BCUT2D eigenvalue weighted by Gasteiger charge is -2.14. The Morgan fingerprint density at radius 2 is 2.00 bits per heavy atom. The zero-order valence-electron chi connectivity index (χ0n) is 10.9. The van der Waals surface area contributed by atoms with Gasteiger partial charge in [0.1, 0.15) is 0 Å². The molecule has 2 N–H and O–H groups in total. The smallest absolute Gasteiger partial charge is 0.0945 e. The lowest BCUT2D eigenvalue weighted by atomic mass is 10.1. The average molecular weight is 257 g/mol. The zero-order chi connectivity index (χ0) is 13.5. The minimum atomic E-state index is -0.529. The van der Waals surface area contributed by atoms with Gasteiger partial charge in [-0.2, -0.15) is 0 Å². The van der Waals surface area contributed by atoms with Crippen LogP contribution in [0, 0.1) is 0 Å². The molecule has 19 heavy (non-hydrogen) atoms. The van der Waals surface area contributed by atoms with Crippen LogP contribution in [0.15, 0.2) is 55.1 Å². The normalized spacial score (nSPS) is 12.3. The molecule has 0 aliphatic rings. The molecular weight excluding hydrogens is 238 g/mol. The summed E-state index contributed by atoms with van der Waals surface area (Å²) in [6.45, 7) is 4.80. The molecule has 0 heterocycles. The first kappa shape index (κ1) is 13.6. The Morgan fingerprint density at radius 3 is 2.84 bits per heavy atom. The van der Waals surface area contributed by atoms with E-state index in [9.17, 15) is 5.11 Å². The third-order valence-corrected chi connectivity index (χ3v) is 2.86. The van der Waals surface area contributed by atoms with Crippen LogP contribution >= 0.6 is 0 Å². The Kier molecular flexibility index (Phi) is 4.95. The minimum absolute atomic E-state index is 0.309. The SMILES string of the molecule is C=CCOCC(O)CNc1cccc2ccccc12. The topological polar surface area (TPSA) is 41.5 Å². The van der Waals surface area contributed by atoms with Gasteiger partial charge in [-0.3, -0.25) is 0 Å². The van der Waals surface area contributed by atoms with Crippen LogP contribution in [0.5, 0.6) is 0 Å². The Labute approximate surface area is 113 Å². The van der Waals surface area contributed by atoms with Crippen molar-refractivity contribution in [2.24, 2.45) is 0 Å². The molecule has 0 saturated heterocycles. The second kappa shape index (κ2) is 6.92. The second-order valence-corrected chi connectivity index (χ2v) is 4.39. The highest BCUT2D eigenvalue weighted by molar-refractivity contribution is 5.93. The van der Waals surface area contributed by atoms with E-state index in [2.05, 4.69) is 30.1 Å². The molecule has 2 aromatic carbocycles. The molecule has 0 saturated carbocycles. The molecule has 0 bridgehead atoms. The molecule has 0 radical (unpaired) electrons. The summed E-state index contributed by atoms with van der Waals surface area (Å²) in [5, 5.41) is 15.4. The molecule has 0 fully saturated rings. The van der Waals surface area contributed by atoms with Gasteiger partial charge in [-0.05, 0) is 11.5 Å². The summed E-state index contributed by atoms with van der Waals surface area (Å²) in [6, 6.07) is 14.3. The number of benzene rings is 2. The van der Waals surface area contributed by atoms with Gasteiger partial charge >= 0.3 is 0 Å². The van der Waals surface area contributed by atoms with E-state index in [0.29, 0.717) is 19.8 Å². The van der Waals surface area contributed by atoms with E-state index in [-0.39, 0.29) is 0 Å². The predicted molar refractivity (Wildman–Crippen MR) is 79.5 cm³/mol. The van der Waals surface area contributed by atoms with Crippen LogP contribution in [0.1, 0.15) is 0 Å². The fourth-order valence-corrected chi connectivity index (χ4v) is 1.95. The van der Waals surface area contributed by atoms with Crippen molar-refractivity contribution in [3.63, 3.8) is 0 Å². The maximum atomic E-state index is 9.79. The van der Waals surface area contributed by atoms with Crippen LogP contribution in [0.2, 0.25) is 0 Å². The van der Waals surface area contributed by atoms with Crippen molar-refractivity contribution < 1.29 is 9.84 Å². The van der Waals surface area contributed by atoms with Gasteiger partial charge in [-0.25, -0.2) is 0 Å². The van der Waals surface area contributed by atoms with Gasteiger partial charge in [0.2, 0.25) is 0 Å². The summed E-state index contributed by atoms with van der Waals surface area (Å²) in [7, 11) is 0. The van der Waals surface area contributed by atoms with Crippen LogP contribution < -0.4 is 5.32 Å². The van der Waals surface area contributed by atoms with Gasteiger partial charge < -0.3 is 15.2 Å². The van der Waals surface area contributed by atoms with Crippen molar-refractivity contribution in [1.29, 1.82) is 0 Å². The van der Waals surface area contributed by atoms with Crippen molar-refractivity contribution in [2.75, 3.05) is 25.1 Å². The summed E-state index contributed by atoms with van der Waals surface area (Å²) in [6.07, 6.45) is 1.14. The monoisotopic (exact) mass is 257 g/mol. The van der Waals surface area contributed by atoms with E-state index in [4.69, 9.17) is 4.74 Å². The standard InChI is InChI=1S/C16H19NO2/c1-2-10-19-12-14(18)11-17-16-9-5-7-13-6-3-4-8-15(13)16/h2-9,14,17-18H,1,10-12H2. The summed E-state index contributed by atoms with van der Waals surface area (Å²) in [5.41, 5.74) is 1.03. The predicted octanol–water partition coefficient (Wildman–Crippen LogP) is 2.82. The lowest BCUT2D eigenvalue weighted by Crippen LogP contribution is -2.24. The van der Waals surface area contributed by atoms with Gasteiger partial charge in [-0.15, -0.1) is 6.58 Å². The maximum Gasteiger partial charge on any atom is 0.0945 e. The van der Waals surface area contributed by atoms with Crippen LogP contribution in [0.3, 0.4) is 0 Å². The van der Waals surface area contributed by atoms with Crippen molar-refractivity contribution in [2.45, 2.75) is 6.10 Å². The molecule has 3 nitrogen and oxygen atoms in total. The van der Waals surface area contributed by atoms with Gasteiger partial charge in [0.15, 0.2) is 0 Å². The fraction of sp³-hybridized carbons (Fsp3) is 0.250. The molecule has 1 atom stereocenters. The second-order valence-electron chi connectivity index (χ2n) is 4.39. The summed E-state index contributed by atoms with van der Waals surface area (Å²) >= 11 is 0. The Morgan fingerprint density at radius 1 is 1.21 bits per heavy atom. The van der Waals surface area contributed by atoms with Crippen LogP contribution in [0.4, 0.5) is 5.69 Å². The minimum Gasteiger partial charge on any atom is -0.389 e. The highest BCUT2D eigenvalue weighted by Crippen LogP contribution is 2.22. The van der Waals surface area contributed by atoms with Crippen molar-refractivity contribution in [3.05, 3.63) is 55.1 Å². The van der Waals surface area contributed by atoms with Crippen LogP contribution in [-0.4, -0.2) is 31.0 Å². The first-order valence-electron chi connectivity index (χ1n) is 6.39. The molecule has 2 aromatic rings. The van der Waals surface area contributed by atoms with E-state index in [1.165, 1.54) is 5.39 Å². The number of ether oxygens (including phenoxy) is 1. The molecule has 0 aromatic heterocycles. The fourth-order valence-electron chi connectivity index (χ4n) is 1.95. The van der Waals surface area contributed by atoms with E-state index < -0.39 is 6.10 Å². The Balaban J connectivity index is 1.96. The number of aliphatic hydroxyl groups is 1. The van der Waals surface area contributed by atoms with Crippen molar-refractivity contribution >= 4 is 16.5 Å². The van der Waals surface area contributed by atoms with Crippen molar-refractivity contribution in [1.82, 2.24) is 0 Å².